The molecule has 1 aliphatic rings. The maximum Gasteiger partial charge on any atom is 0.407 e. The number of imide groups is 2. The number of hydrogen-bond donors (Lipinski definition) is 4. The lowest BCUT2D eigenvalue weighted by molar-refractivity contribution is -0.162. The second-order valence-electron chi connectivity index (χ2n) is 8.78. The molecule has 0 saturated carbocycles. The van der Waals surface area contributed by atoms with E-state index in [1.54, 1.807) is 24.3 Å². The number of aliphatic carboxylic acids is 3. The van der Waals surface area contributed by atoms with E-state index in [-0.39, 0.29) is 43.7 Å². The van der Waals surface area contributed by atoms with Gasteiger partial charge in [-0.2, -0.15) is 0 Å². The summed E-state index contributed by atoms with van der Waals surface area (Å²) < 4.78 is 5.08. The zero-order valence-corrected chi connectivity index (χ0v) is 21.3. The molecule has 1 aliphatic heterocycles. The van der Waals surface area contributed by atoms with Gasteiger partial charge in [-0.1, -0.05) is 37.3 Å². The number of benzene rings is 1. The minimum atomic E-state index is -1.90. The Bertz CT molecular complexity index is 1090. The third-order valence-corrected chi connectivity index (χ3v) is 6.10. The third kappa shape index (κ3) is 8.25. The predicted molar refractivity (Wildman–Crippen MR) is 131 cm³/mol. The van der Waals surface area contributed by atoms with Gasteiger partial charge in [0.15, 0.2) is 0 Å². The number of carbonyl (C=O) groups is 7. The first-order chi connectivity index (χ1) is 18.5. The second-order valence-corrected chi connectivity index (χ2v) is 8.78. The van der Waals surface area contributed by atoms with Gasteiger partial charge in [0.25, 0.3) is 0 Å². The van der Waals surface area contributed by atoms with E-state index in [4.69, 9.17) is 9.84 Å². The largest absolute Gasteiger partial charge is 0.481 e. The SMILES string of the molecule is CCC1C(=O)N([C@@H](CCCCNC(=O)OCc2ccccc2)C(=O)O)C(=O)N([C@@H](CCC(=O)O)C(=O)O)C1=O. The minimum Gasteiger partial charge on any atom is -0.481 e. The average molecular weight is 550 g/mol. The van der Waals surface area contributed by atoms with Crippen LogP contribution in [0, 0.1) is 5.92 Å². The van der Waals surface area contributed by atoms with Crippen molar-refractivity contribution in [1.82, 2.24) is 15.1 Å². The lowest BCUT2D eigenvalue weighted by atomic mass is 9.95. The standard InChI is InChI=1S/C25H31N3O11/c1-2-16-20(31)27(25(38)28(21(16)32)18(23(35)36)11-12-19(29)30)17(22(33)34)10-6-7-13-26-24(37)39-14-15-8-4-3-5-9-15/h3-5,8-9,16-18H,2,6-7,10-14H2,1H3,(H,26,37)(H,29,30)(H,33,34)(H,35,36)/t16?,17-,18-/m0/s1. The van der Waals surface area contributed by atoms with Gasteiger partial charge < -0.3 is 25.4 Å². The molecule has 3 atom stereocenters. The third-order valence-electron chi connectivity index (χ3n) is 6.10. The Balaban J connectivity index is 2.05. The highest BCUT2D eigenvalue weighted by Gasteiger charge is 2.52. The van der Waals surface area contributed by atoms with Crippen LogP contribution in [0.25, 0.3) is 0 Å². The normalized spacial score (nSPS) is 16.9. The van der Waals surface area contributed by atoms with Crippen molar-refractivity contribution in [2.75, 3.05) is 6.54 Å². The first kappa shape index (κ1) is 30.7. The number of amides is 5. The Morgan fingerprint density at radius 1 is 0.897 bits per heavy atom. The number of carboxylic acid groups (broad SMARTS) is 3. The van der Waals surface area contributed by atoms with Crippen molar-refractivity contribution in [2.24, 2.45) is 5.92 Å². The van der Waals surface area contributed by atoms with Gasteiger partial charge in [0.1, 0.15) is 24.6 Å². The Kier molecular flexibility index (Phi) is 11.4. The fourth-order valence-corrected chi connectivity index (χ4v) is 4.08. The fraction of sp³-hybridized carbons (Fsp3) is 0.480. The number of alkyl carbamates (subject to hydrolysis) is 1. The first-order valence-electron chi connectivity index (χ1n) is 12.3. The van der Waals surface area contributed by atoms with Gasteiger partial charge in [-0.15, -0.1) is 0 Å². The van der Waals surface area contributed by atoms with Crippen molar-refractivity contribution in [3.8, 4) is 0 Å². The van der Waals surface area contributed by atoms with Crippen molar-refractivity contribution in [1.29, 1.82) is 0 Å². The molecule has 2 rings (SSSR count). The molecular weight excluding hydrogens is 518 g/mol. The summed E-state index contributed by atoms with van der Waals surface area (Å²) in [6.45, 7) is 1.61. The number of nitrogens with zero attached hydrogens (tertiary/aromatic N) is 2. The molecule has 0 radical (unpaired) electrons. The number of hydrogen-bond acceptors (Lipinski definition) is 8. The maximum absolute atomic E-state index is 13.2. The second kappa shape index (κ2) is 14.4. The molecule has 1 aromatic rings. The molecule has 0 aliphatic carbocycles. The van der Waals surface area contributed by atoms with Crippen LogP contribution >= 0.6 is 0 Å². The van der Waals surface area contributed by atoms with Gasteiger partial charge in [-0.05, 0) is 37.7 Å². The van der Waals surface area contributed by atoms with Crippen LogP contribution in [0.2, 0.25) is 0 Å². The van der Waals surface area contributed by atoms with Gasteiger partial charge in [0.2, 0.25) is 11.8 Å². The summed E-state index contributed by atoms with van der Waals surface area (Å²) in [6, 6.07) is 3.94. The molecule has 1 heterocycles. The summed E-state index contributed by atoms with van der Waals surface area (Å²) in [5, 5.41) is 30.8. The number of ether oxygens (including phenoxy) is 1. The van der Waals surface area contributed by atoms with E-state index < -0.39 is 72.7 Å². The van der Waals surface area contributed by atoms with Crippen LogP contribution < -0.4 is 5.32 Å². The highest BCUT2D eigenvalue weighted by Crippen LogP contribution is 2.27. The Hall–Kier alpha value is -4.49. The van der Waals surface area contributed by atoms with Gasteiger partial charge in [0, 0.05) is 13.0 Å². The van der Waals surface area contributed by atoms with Gasteiger partial charge in [-0.3, -0.25) is 14.4 Å². The van der Waals surface area contributed by atoms with Crippen LogP contribution in [0.4, 0.5) is 9.59 Å². The molecule has 1 aromatic carbocycles. The van der Waals surface area contributed by atoms with Crippen LogP contribution in [0.5, 0.6) is 0 Å². The van der Waals surface area contributed by atoms with Crippen LogP contribution in [-0.2, 0) is 35.3 Å². The summed E-state index contributed by atoms with van der Waals surface area (Å²) >= 11 is 0. The first-order valence-corrected chi connectivity index (χ1v) is 12.3. The number of urea groups is 1. The quantitative estimate of drug-likeness (QED) is 0.183. The van der Waals surface area contributed by atoms with E-state index in [0.29, 0.717) is 4.90 Å². The molecule has 1 saturated heterocycles. The highest BCUT2D eigenvalue weighted by atomic mass is 16.5. The molecule has 1 unspecified atom stereocenters. The molecule has 0 spiro atoms. The van der Waals surface area contributed by atoms with Crippen molar-refractivity contribution in [3.63, 3.8) is 0 Å². The van der Waals surface area contributed by atoms with E-state index in [1.807, 2.05) is 6.07 Å². The summed E-state index contributed by atoms with van der Waals surface area (Å²) in [7, 11) is 0. The number of barbiturate groups is 1. The minimum absolute atomic E-state index is 0.0601. The van der Waals surface area contributed by atoms with Gasteiger partial charge >= 0.3 is 30.0 Å². The number of nitrogens with one attached hydrogen (secondary N) is 1. The molecule has 0 bridgehead atoms. The molecule has 14 heteroatoms. The zero-order valence-electron chi connectivity index (χ0n) is 21.3. The number of carbonyl (C=O) groups excluding carboxylic acids is 4. The lowest BCUT2D eigenvalue weighted by Gasteiger charge is -2.41. The molecule has 1 fully saturated rings. The predicted octanol–water partition coefficient (Wildman–Crippen LogP) is 1.67. The van der Waals surface area contributed by atoms with E-state index in [2.05, 4.69) is 5.32 Å². The molecular formula is C25H31N3O11. The Labute approximate surface area is 223 Å². The van der Waals surface area contributed by atoms with Crippen molar-refractivity contribution in [3.05, 3.63) is 35.9 Å². The van der Waals surface area contributed by atoms with Gasteiger partial charge in [0.05, 0.1) is 0 Å². The smallest absolute Gasteiger partial charge is 0.407 e. The summed E-state index contributed by atoms with van der Waals surface area (Å²) in [5.74, 6) is -8.27. The molecule has 39 heavy (non-hydrogen) atoms. The summed E-state index contributed by atoms with van der Waals surface area (Å²) in [6.07, 6.45) is -1.96. The molecule has 4 N–H and O–H groups in total. The van der Waals surface area contributed by atoms with Crippen LogP contribution in [-0.4, -0.2) is 85.6 Å². The number of unbranched alkanes of at least 4 members (excludes halogenated alkanes) is 1. The molecule has 14 nitrogen and oxygen atoms in total. The monoisotopic (exact) mass is 549 g/mol. The Morgan fingerprint density at radius 3 is 1.97 bits per heavy atom. The Morgan fingerprint density at radius 2 is 1.46 bits per heavy atom. The summed E-state index contributed by atoms with van der Waals surface area (Å²) in [4.78, 5) is 86.3. The molecule has 5 amide bonds. The molecule has 0 aromatic heterocycles. The maximum atomic E-state index is 13.2. The topological polar surface area (TPSA) is 208 Å². The van der Waals surface area contributed by atoms with E-state index in [9.17, 15) is 43.8 Å². The van der Waals surface area contributed by atoms with E-state index >= 15 is 0 Å². The number of carboxylic acids is 3. The van der Waals surface area contributed by atoms with Gasteiger partial charge in [-0.25, -0.2) is 29.0 Å². The summed E-state index contributed by atoms with van der Waals surface area (Å²) in [5.41, 5.74) is 0.791. The average Bonchev–Trinajstić information content (AvgIpc) is 2.88. The van der Waals surface area contributed by atoms with Crippen LogP contribution in [0.1, 0.15) is 51.0 Å². The van der Waals surface area contributed by atoms with E-state index in [0.717, 1.165) is 5.56 Å². The van der Waals surface area contributed by atoms with Crippen molar-refractivity contribution < 1.29 is 53.6 Å². The van der Waals surface area contributed by atoms with Crippen LogP contribution in [0.15, 0.2) is 30.3 Å². The number of rotatable bonds is 15. The highest BCUT2D eigenvalue weighted by molar-refractivity contribution is 6.18. The van der Waals surface area contributed by atoms with E-state index in [1.165, 1.54) is 6.92 Å². The molecule has 212 valence electrons. The lowest BCUT2D eigenvalue weighted by Crippen LogP contribution is -2.66. The fourth-order valence-electron chi connectivity index (χ4n) is 4.08. The van der Waals surface area contributed by atoms with Crippen molar-refractivity contribution in [2.45, 2.75) is 64.1 Å². The zero-order chi connectivity index (χ0) is 29.1. The van der Waals surface area contributed by atoms with Crippen molar-refractivity contribution >= 4 is 41.8 Å². The van der Waals surface area contributed by atoms with Crippen LogP contribution in [0.3, 0.4) is 0 Å².